The van der Waals surface area contributed by atoms with Gasteiger partial charge in [-0.25, -0.2) is 8.42 Å². The number of para-hydroxylation sites is 1. The van der Waals surface area contributed by atoms with E-state index in [9.17, 15) is 22.3 Å². The van der Waals surface area contributed by atoms with Crippen LogP contribution in [0.15, 0.2) is 29.2 Å². The van der Waals surface area contributed by atoms with E-state index in [1.165, 1.54) is 18.2 Å². The lowest BCUT2D eigenvalue weighted by Crippen LogP contribution is -2.30. The fourth-order valence-electron chi connectivity index (χ4n) is 2.21. The van der Waals surface area contributed by atoms with Gasteiger partial charge >= 0.3 is 5.76 Å². The van der Waals surface area contributed by atoms with Crippen molar-refractivity contribution >= 4 is 15.5 Å². The van der Waals surface area contributed by atoms with Gasteiger partial charge in [-0.05, 0) is 25.5 Å². The first-order valence-electron chi connectivity index (χ1n) is 5.82. The van der Waals surface area contributed by atoms with E-state index < -0.39 is 21.2 Å². The second-order valence-corrected chi connectivity index (χ2v) is 6.83. The molecule has 1 fully saturated rings. The van der Waals surface area contributed by atoms with Gasteiger partial charge in [-0.3, -0.25) is 0 Å². The zero-order valence-electron chi connectivity index (χ0n) is 10.4. The summed E-state index contributed by atoms with van der Waals surface area (Å²) in [5.41, 5.74) is -0.706. The number of hydrogen-bond acceptors (Lipinski definition) is 4. The summed E-state index contributed by atoms with van der Waals surface area (Å²) in [6.45, 7) is 2.29. The maximum absolute atomic E-state index is 12.7. The Balaban J connectivity index is 2.44. The average molecular weight is 291 g/mol. The van der Waals surface area contributed by atoms with Gasteiger partial charge in [-0.15, -0.1) is 0 Å². The average Bonchev–Trinajstić information content (AvgIpc) is 2.69. The molecule has 1 aromatic carbocycles. The first-order chi connectivity index (χ1) is 8.74. The number of aliphatic hydroxyl groups is 1. The Morgan fingerprint density at radius 2 is 2.00 bits per heavy atom. The van der Waals surface area contributed by atoms with Crippen molar-refractivity contribution in [2.75, 3.05) is 18.0 Å². The van der Waals surface area contributed by atoms with Crippen molar-refractivity contribution in [2.24, 2.45) is 0 Å². The Morgan fingerprint density at radius 1 is 1.37 bits per heavy atom. The first kappa shape index (κ1) is 14.2. The fourth-order valence-corrected chi connectivity index (χ4v) is 3.15. The van der Waals surface area contributed by atoms with Crippen LogP contribution in [0.5, 0.6) is 0 Å². The van der Waals surface area contributed by atoms with Crippen LogP contribution < -0.4 is 4.90 Å². The van der Waals surface area contributed by atoms with E-state index in [2.05, 4.69) is 0 Å². The van der Waals surface area contributed by atoms with Gasteiger partial charge in [0.2, 0.25) is 9.84 Å². The van der Waals surface area contributed by atoms with Crippen LogP contribution in [-0.2, 0) is 9.84 Å². The molecule has 1 saturated heterocycles. The molecule has 0 aliphatic carbocycles. The SMILES string of the molecule is CC1(O)CCN(c2ccccc2S(=O)(=O)C(F)F)C1. The molecule has 4 nitrogen and oxygen atoms in total. The van der Waals surface area contributed by atoms with E-state index >= 15 is 0 Å². The van der Waals surface area contributed by atoms with Crippen LogP contribution in [0.4, 0.5) is 14.5 Å². The van der Waals surface area contributed by atoms with Gasteiger partial charge < -0.3 is 10.0 Å². The summed E-state index contributed by atoms with van der Waals surface area (Å²) in [7, 11) is -4.64. The normalized spacial score (nSPS) is 24.2. The standard InChI is InChI=1S/C12H15F2NO3S/c1-12(16)6-7-15(8-12)9-4-2-3-5-10(9)19(17,18)11(13)14/h2-5,11,16H,6-8H2,1H3. The molecule has 106 valence electrons. The van der Waals surface area contributed by atoms with Gasteiger partial charge in [0, 0.05) is 13.1 Å². The summed E-state index contributed by atoms with van der Waals surface area (Å²) in [5, 5.41) is 9.89. The van der Waals surface area contributed by atoms with E-state index in [-0.39, 0.29) is 17.1 Å². The molecule has 0 radical (unpaired) electrons. The molecule has 1 N–H and O–H groups in total. The quantitative estimate of drug-likeness (QED) is 0.920. The van der Waals surface area contributed by atoms with Crippen LogP contribution in [0.1, 0.15) is 13.3 Å². The van der Waals surface area contributed by atoms with Gasteiger partial charge in [-0.1, -0.05) is 12.1 Å². The molecule has 1 aromatic rings. The van der Waals surface area contributed by atoms with E-state index in [0.717, 1.165) is 0 Å². The number of alkyl halides is 2. The minimum absolute atomic E-state index is 0.223. The summed E-state index contributed by atoms with van der Waals surface area (Å²) < 4.78 is 48.6. The van der Waals surface area contributed by atoms with Crippen LogP contribution in [0.25, 0.3) is 0 Å². The van der Waals surface area contributed by atoms with Gasteiger partial charge in [-0.2, -0.15) is 8.78 Å². The van der Waals surface area contributed by atoms with E-state index in [1.54, 1.807) is 17.9 Å². The van der Waals surface area contributed by atoms with E-state index in [4.69, 9.17) is 0 Å². The van der Waals surface area contributed by atoms with Crippen LogP contribution in [0.3, 0.4) is 0 Å². The van der Waals surface area contributed by atoms with Crippen molar-refractivity contribution in [3.63, 3.8) is 0 Å². The van der Waals surface area contributed by atoms with Crippen molar-refractivity contribution in [3.8, 4) is 0 Å². The number of sulfone groups is 1. The third-order valence-electron chi connectivity index (χ3n) is 3.20. The molecule has 1 aliphatic heterocycles. The maximum atomic E-state index is 12.7. The Labute approximate surface area is 110 Å². The Hall–Kier alpha value is -1.21. The number of anilines is 1. The zero-order valence-corrected chi connectivity index (χ0v) is 11.2. The molecule has 0 amide bonds. The maximum Gasteiger partial charge on any atom is 0.341 e. The van der Waals surface area contributed by atoms with Crippen molar-refractivity contribution in [3.05, 3.63) is 24.3 Å². The molecule has 0 bridgehead atoms. The highest BCUT2D eigenvalue weighted by atomic mass is 32.2. The molecule has 0 spiro atoms. The van der Waals surface area contributed by atoms with Crippen molar-refractivity contribution < 1.29 is 22.3 Å². The number of hydrogen-bond donors (Lipinski definition) is 1. The fraction of sp³-hybridized carbons (Fsp3) is 0.500. The number of nitrogens with zero attached hydrogens (tertiary/aromatic N) is 1. The Kier molecular flexibility index (Phi) is 3.53. The molecular formula is C12H15F2NO3S. The highest BCUT2D eigenvalue weighted by molar-refractivity contribution is 7.91. The summed E-state index contributed by atoms with van der Waals surface area (Å²) in [5.74, 6) is -3.45. The molecular weight excluding hydrogens is 276 g/mol. The molecule has 1 heterocycles. The molecule has 19 heavy (non-hydrogen) atoms. The monoisotopic (exact) mass is 291 g/mol. The summed E-state index contributed by atoms with van der Waals surface area (Å²) in [4.78, 5) is 1.23. The predicted molar refractivity (Wildman–Crippen MR) is 67.1 cm³/mol. The van der Waals surface area contributed by atoms with Gasteiger partial charge in [0.1, 0.15) is 0 Å². The number of halogens is 2. The summed E-state index contributed by atoms with van der Waals surface area (Å²) in [6.07, 6.45) is 0.468. The number of β-amino-alcohol motifs (C(OH)–C–C–N with tert-alkyl or cyclic N) is 1. The highest BCUT2D eigenvalue weighted by Gasteiger charge is 2.36. The lowest BCUT2D eigenvalue weighted by molar-refractivity contribution is 0.0839. The van der Waals surface area contributed by atoms with Gasteiger partial charge in [0.15, 0.2) is 0 Å². The highest BCUT2D eigenvalue weighted by Crippen LogP contribution is 2.33. The molecule has 1 atom stereocenters. The van der Waals surface area contributed by atoms with Crippen molar-refractivity contribution in [1.82, 2.24) is 0 Å². The number of benzene rings is 1. The zero-order chi connectivity index (χ0) is 14.3. The molecule has 1 unspecified atom stereocenters. The third kappa shape index (κ3) is 2.71. The minimum atomic E-state index is -4.64. The molecule has 0 aromatic heterocycles. The lowest BCUT2D eigenvalue weighted by atomic mass is 10.1. The Bertz CT molecular complexity index is 572. The second-order valence-electron chi connectivity index (χ2n) is 4.94. The van der Waals surface area contributed by atoms with E-state index in [0.29, 0.717) is 13.0 Å². The van der Waals surface area contributed by atoms with Crippen molar-refractivity contribution in [2.45, 2.75) is 29.6 Å². The molecule has 1 aliphatic rings. The second kappa shape index (κ2) is 4.72. The summed E-state index contributed by atoms with van der Waals surface area (Å²) >= 11 is 0. The Morgan fingerprint density at radius 3 is 2.53 bits per heavy atom. The van der Waals surface area contributed by atoms with Gasteiger partial charge in [0.25, 0.3) is 0 Å². The van der Waals surface area contributed by atoms with E-state index in [1.807, 2.05) is 0 Å². The molecule has 7 heteroatoms. The van der Waals surface area contributed by atoms with Crippen LogP contribution in [-0.4, -0.2) is 38.0 Å². The topological polar surface area (TPSA) is 57.6 Å². The van der Waals surface area contributed by atoms with Crippen molar-refractivity contribution in [1.29, 1.82) is 0 Å². The smallest absolute Gasteiger partial charge is 0.341 e. The van der Waals surface area contributed by atoms with Crippen LogP contribution in [0, 0.1) is 0 Å². The third-order valence-corrected chi connectivity index (χ3v) is 4.63. The summed E-state index contributed by atoms with van der Waals surface area (Å²) in [6, 6.07) is 5.65. The van der Waals surface area contributed by atoms with Crippen LogP contribution in [0.2, 0.25) is 0 Å². The minimum Gasteiger partial charge on any atom is -0.388 e. The molecule has 2 rings (SSSR count). The largest absolute Gasteiger partial charge is 0.388 e. The van der Waals surface area contributed by atoms with Crippen LogP contribution >= 0.6 is 0 Å². The predicted octanol–water partition coefficient (Wildman–Crippen LogP) is 1.64. The van der Waals surface area contributed by atoms with Gasteiger partial charge in [0.05, 0.1) is 16.2 Å². The molecule has 0 saturated carbocycles. The number of rotatable bonds is 3. The first-order valence-corrected chi connectivity index (χ1v) is 7.37. The lowest BCUT2D eigenvalue weighted by Gasteiger charge is -2.23.